The Morgan fingerprint density at radius 3 is 2.08 bits per heavy atom. The number of amides is 1. The van der Waals surface area contributed by atoms with Gasteiger partial charge in [0.25, 0.3) is 5.91 Å². The second-order valence-electron chi connectivity index (χ2n) is 8.53. The van der Waals surface area contributed by atoms with Gasteiger partial charge in [-0.15, -0.1) is 0 Å². The standard InChI is InChI=1S/C30H25NO5/c1-19-16-17-26(34-2)23(18-19)31-29(32)28(20-10-4-3-5-11-20)36-30(33)27-21-12-6-8-14-24(21)35-25-15-9-7-13-22(25)27/h3-18,27-28H,1-2H3,(H,31,32)/t28-/m0/s1. The van der Waals surface area contributed by atoms with Gasteiger partial charge in [-0.05, 0) is 36.8 Å². The van der Waals surface area contributed by atoms with Crippen LogP contribution in [-0.4, -0.2) is 19.0 Å². The van der Waals surface area contributed by atoms with E-state index in [9.17, 15) is 9.59 Å². The highest BCUT2D eigenvalue weighted by molar-refractivity contribution is 5.98. The molecule has 0 bridgehead atoms. The number of para-hydroxylation sites is 2. The molecule has 0 spiro atoms. The molecule has 180 valence electrons. The Bertz CT molecular complexity index is 1370. The minimum absolute atomic E-state index is 0.480. The molecule has 36 heavy (non-hydrogen) atoms. The van der Waals surface area contributed by atoms with Gasteiger partial charge in [0, 0.05) is 16.7 Å². The predicted octanol–water partition coefficient (Wildman–Crippen LogP) is 6.16. The highest BCUT2D eigenvalue weighted by Crippen LogP contribution is 2.45. The van der Waals surface area contributed by atoms with Crippen molar-refractivity contribution in [2.75, 3.05) is 12.4 Å². The summed E-state index contributed by atoms with van der Waals surface area (Å²) >= 11 is 0. The number of ether oxygens (including phenoxy) is 3. The third kappa shape index (κ3) is 4.53. The highest BCUT2D eigenvalue weighted by atomic mass is 16.5. The van der Waals surface area contributed by atoms with Crippen molar-refractivity contribution in [3.05, 3.63) is 119 Å². The smallest absolute Gasteiger partial charge is 0.319 e. The fourth-order valence-corrected chi connectivity index (χ4v) is 4.37. The number of rotatable bonds is 6. The van der Waals surface area contributed by atoms with Crippen LogP contribution in [0, 0.1) is 6.92 Å². The Morgan fingerprint density at radius 2 is 1.44 bits per heavy atom. The summed E-state index contributed by atoms with van der Waals surface area (Å²) in [6.07, 6.45) is -1.17. The van der Waals surface area contributed by atoms with Gasteiger partial charge in [0.1, 0.15) is 23.2 Å². The van der Waals surface area contributed by atoms with Crippen LogP contribution in [0.5, 0.6) is 17.2 Å². The summed E-state index contributed by atoms with van der Waals surface area (Å²) in [7, 11) is 1.54. The van der Waals surface area contributed by atoms with Gasteiger partial charge in [-0.25, -0.2) is 0 Å². The van der Waals surface area contributed by atoms with Crippen molar-refractivity contribution in [2.24, 2.45) is 0 Å². The molecule has 0 unspecified atom stereocenters. The minimum Gasteiger partial charge on any atom is -0.495 e. The van der Waals surface area contributed by atoms with E-state index in [0.717, 1.165) is 5.56 Å². The number of fused-ring (bicyclic) bond motifs is 2. The molecule has 1 aliphatic heterocycles. The van der Waals surface area contributed by atoms with Crippen LogP contribution in [0.3, 0.4) is 0 Å². The highest BCUT2D eigenvalue weighted by Gasteiger charge is 2.36. The Morgan fingerprint density at radius 1 is 0.833 bits per heavy atom. The first-order valence-electron chi connectivity index (χ1n) is 11.6. The SMILES string of the molecule is COc1ccc(C)cc1NC(=O)[C@@H](OC(=O)C1c2ccccc2Oc2ccccc21)c1ccccc1. The van der Waals surface area contributed by atoms with Crippen LogP contribution in [0.2, 0.25) is 0 Å². The molecule has 5 rings (SSSR count). The Kier molecular flexibility index (Phi) is 6.41. The number of benzene rings is 4. The van der Waals surface area contributed by atoms with E-state index < -0.39 is 23.9 Å². The number of anilines is 1. The molecule has 0 aliphatic carbocycles. The Hall–Kier alpha value is -4.58. The lowest BCUT2D eigenvalue weighted by Gasteiger charge is -2.28. The monoisotopic (exact) mass is 479 g/mol. The summed E-state index contributed by atoms with van der Waals surface area (Å²) in [4.78, 5) is 27.3. The molecule has 1 atom stereocenters. The lowest BCUT2D eigenvalue weighted by molar-refractivity contribution is -0.155. The van der Waals surface area contributed by atoms with Crippen molar-refractivity contribution in [1.29, 1.82) is 0 Å². The zero-order valence-corrected chi connectivity index (χ0v) is 19.9. The van der Waals surface area contributed by atoms with Crippen LogP contribution in [0.15, 0.2) is 97.1 Å². The van der Waals surface area contributed by atoms with Crippen molar-refractivity contribution >= 4 is 17.6 Å². The lowest BCUT2D eigenvalue weighted by atomic mass is 9.88. The zero-order valence-electron chi connectivity index (χ0n) is 19.9. The molecule has 0 fully saturated rings. The number of methoxy groups -OCH3 is 1. The molecule has 0 saturated heterocycles. The second-order valence-corrected chi connectivity index (χ2v) is 8.53. The quantitative estimate of drug-likeness (QED) is 0.335. The van der Waals surface area contributed by atoms with Gasteiger partial charge in [-0.3, -0.25) is 9.59 Å². The van der Waals surface area contributed by atoms with E-state index in [1.807, 2.05) is 73.7 Å². The van der Waals surface area contributed by atoms with E-state index in [2.05, 4.69) is 5.32 Å². The summed E-state index contributed by atoms with van der Waals surface area (Å²) in [5.41, 5.74) is 3.39. The summed E-state index contributed by atoms with van der Waals surface area (Å²) < 4.78 is 17.4. The number of hydrogen-bond donors (Lipinski definition) is 1. The van der Waals surface area contributed by atoms with E-state index >= 15 is 0 Å². The molecule has 0 radical (unpaired) electrons. The van der Waals surface area contributed by atoms with Gasteiger partial charge in [0.05, 0.1) is 12.8 Å². The first kappa shape index (κ1) is 23.2. The summed E-state index contributed by atoms with van der Waals surface area (Å²) in [6, 6.07) is 29.2. The van der Waals surface area contributed by atoms with Gasteiger partial charge in [0.15, 0.2) is 0 Å². The molecule has 1 heterocycles. The zero-order chi connectivity index (χ0) is 25.1. The van der Waals surface area contributed by atoms with Crippen LogP contribution < -0.4 is 14.8 Å². The molecule has 1 amide bonds. The van der Waals surface area contributed by atoms with E-state index in [4.69, 9.17) is 14.2 Å². The molecule has 0 aromatic heterocycles. The van der Waals surface area contributed by atoms with Crippen LogP contribution in [0.1, 0.15) is 34.3 Å². The van der Waals surface area contributed by atoms with Gasteiger partial charge in [-0.2, -0.15) is 0 Å². The predicted molar refractivity (Wildman–Crippen MR) is 136 cm³/mol. The van der Waals surface area contributed by atoms with E-state index in [-0.39, 0.29) is 0 Å². The van der Waals surface area contributed by atoms with Crippen LogP contribution in [0.25, 0.3) is 0 Å². The van der Waals surface area contributed by atoms with Gasteiger partial charge < -0.3 is 19.5 Å². The maximum atomic E-state index is 13.8. The first-order chi connectivity index (χ1) is 17.5. The van der Waals surface area contributed by atoms with Crippen molar-refractivity contribution in [3.63, 3.8) is 0 Å². The van der Waals surface area contributed by atoms with Gasteiger partial charge in [0.2, 0.25) is 6.10 Å². The number of aryl methyl sites for hydroxylation is 1. The topological polar surface area (TPSA) is 73.9 Å². The molecule has 1 N–H and O–H groups in total. The van der Waals surface area contributed by atoms with Crippen LogP contribution in [-0.2, 0) is 14.3 Å². The fraction of sp³-hybridized carbons (Fsp3) is 0.133. The number of hydrogen-bond acceptors (Lipinski definition) is 5. The average Bonchev–Trinajstić information content (AvgIpc) is 2.90. The molecule has 4 aromatic carbocycles. The van der Waals surface area contributed by atoms with Crippen LogP contribution in [0.4, 0.5) is 5.69 Å². The van der Waals surface area contributed by atoms with Crippen LogP contribution >= 0.6 is 0 Å². The maximum Gasteiger partial charge on any atom is 0.319 e. The number of carbonyl (C=O) groups excluding carboxylic acids is 2. The number of esters is 1. The summed E-state index contributed by atoms with van der Waals surface area (Å²) in [5, 5.41) is 2.88. The molecular formula is C30H25NO5. The number of carbonyl (C=O) groups is 2. The lowest BCUT2D eigenvalue weighted by Crippen LogP contribution is -2.29. The van der Waals surface area contributed by atoms with Crippen molar-refractivity contribution in [2.45, 2.75) is 18.9 Å². The molecule has 1 aliphatic rings. The van der Waals surface area contributed by atoms with E-state index in [1.165, 1.54) is 7.11 Å². The molecule has 0 saturated carbocycles. The van der Waals surface area contributed by atoms with E-state index in [0.29, 0.717) is 39.6 Å². The third-order valence-corrected chi connectivity index (χ3v) is 6.10. The Balaban J connectivity index is 1.50. The normalized spacial score (nSPS) is 12.9. The molecule has 6 nitrogen and oxygen atoms in total. The average molecular weight is 480 g/mol. The molecule has 4 aromatic rings. The minimum atomic E-state index is -1.17. The molecular weight excluding hydrogens is 454 g/mol. The number of nitrogens with one attached hydrogen (secondary N) is 1. The summed E-state index contributed by atoms with van der Waals surface area (Å²) in [6.45, 7) is 1.92. The summed E-state index contributed by atoms with van der Waals surface area (Å²) in [5.74, 6) is -0.0738. The third-order valence-electron chi connectivity index (χ3n) is 6.10. The molecule has 6 heteroatoms. The maximum absolute atomic E-state index is 13.8. The van der Waals surface area contributed by atoms with Gasteiger partial charge in [-0.1, -0.05) is 72.8 Å². The van der Waals surface area contributed by atoms with Crippen molar-refractivity contribution < 1.29 is 23.8 Å². The Labute approximate surface area is 209 Å². The van der Waals surface area contributed by atoms with E-state index in [1.54, 1.807) is 30.3 Å². The first-order valence-corrected chi connectivity index (χ1v) is 11.6. The largest absolute Gasteiger partial charge is 0.495 e. The van der Waals surface area contributed by atoms with Crippen molar-refractivity contribution in [1.82, 2.24) is 0 Å². The van der Waals surface area contributed by atoms with Gasteiger partial charge >= 0.3 is 5.97 Å². The van der Waals surface area contributed by atoms with Crippen molar-refractivity contribution in [3.8, 4) is 17.2 Å². The second kappa shape index (κ2) is 9.96. The fourth-order valence-electron chi connectivity index (χ4n) is 4.37.